The van der Waals surface area contributed by atoms with Crippen molar-refractivity contribution in [2.75, 3.05) is 0 Å². The van der Waals surface area contributed by atoms with E-state index in [0.717, 1.165) is 15.9 Å². The molecule has 1 aromatic heterocycles. The highest BCUT2D eigenvalue weighted by molar-refractivity contribution is 9.10. The molecule has 15 heavy (non-hydrogen) atoms. The first kappa shape index (κ1) is 9.09. The summed E-state index contributed by atoms with van der Waals surface area (Å²) in [4.78, 5) is 0. The maximum atomic E-state index is 4.18. The SMILES string of the molecule is Brc1ccc(-c2nncn2C2CC2)cc1. The number of benzene rings is 1. The molecular weight excluding hydrogens is 254 g/mol. The summed E-state index contributed by atoms with van der Waals surface area (Å²) in [5.74, 6) is 0.977. The molecule has 1 heterocycles. The van der Waals surface area contributed by atoms with Gasteiger partial charge in [-0.15, -0.1) is 10.2 Å². The smallest absolute Gasteiger partial charge is 0.164 e. The highest BCUT2D eigenvalue weighted by Crippen LogP contribution is 2.37. The molecule has 0 atom stereocenters. The topological polar surface area (TPSA) is 30.7 Å². The molecule has 3 nitrogen and oxygen atoms in total. The molecule has 1 aromatic carbocycles. The molecule has 0 radical (unpaired) electrons. The van der Waals surface area contributed by atoms with Crippen LogP contribution in [-0.4, -0.2) is 14.8 Å². The van der Waals surface area contributed by atoms with Gasteiger partial charge in [-0.1, -0.05) is 28.1 Å². The average molecular weight is 264 g/mol. The molecule has 0 unspecified atom stereocenters. The van der Waals surface area contributed by atoms with Gasteiger partial charge in [-0.2, -0.15) is 0 Å². The molecule has 1 aliphatic rings. The van der Waals surface area contributed by atoms with Gasteiger partial charge in [0.2, 0.25) is 0 Å². The van der Waals surface area contributed by atoms with Crippen molar-refractivity contribution in [2.45, 2.75) is 18.9 Å². The summed E-state index contributed by atoms with van der Waals surface area (Å²) in [5, 5.41) is 8.16. The number of aromatic nitrogens is 3. The van der Waals surface area contributed by atoms with Crippen molar-refractivity contribution in [1.82, 2.24) is 14.8 Å². The van der Waals surface area contributed by atoms with Gasteiger partial charge in [-0.3, -0.25) is 0 Å². The summed E-state index contributed by atoms with van der Waals surface area (Å²) < 4.78 is 3.26. The van der Waals surface area contributed by atoms with Crippen molar-refractivity contribution < 1.29 is 0 Å². The van der Waals surface area contributed by atoms with Crippen LogP contribution in [0.15, 0.2) is 35.1 Å². The fourth-order valence-electron chi connectivity index (χ4n) is 1.67. The largest absolute Gasteiger partial charge is 0.310 e. The Bertz CT molecular complexity index is 471. The first-order chi connectivity index (χ1) is 7.34. The first-order valence-electron chi connectivity index (χ1n) is 5.00. The van der Waals surface area contributed by atoms with E-state index in [1.165, 1.54) is 12.8 Å². The van der Waals surface area contributed by atoms with E-state index in [9.17, 15) is 0 Å². The van der Waals surface area contributed by atoms with Crippen molar-refractivity contribution in [3.05, 3.63) is 35.1 Å². The summed E-state index contributed by atoms with van der Waals surface area (Å²) in [6.45, 7) is 0. The maximum Gasteiger partial charge on any atom is 0.164 e. The van der Waals surface area contributed by atoms with Crippen LogP contribution in [0.3, 0.4) is 0 Å². The Morgan fingerprint density at radius 2 is 1.93 bits per heavy atom. The van der Waals surface area contributed by atoms with E-state index in [2.05, 4.69) is 42.8 Å². The van der Waals surface area contributed by atoms with Gasteiger partial charge < -0.3 is 4.57 Å². The molecule has 0 saturated heterocycles. The standard InChI is InChI=1S/C11H10BrN3/c12-9-3-1-8(2-4-9)11-14-13-7-15(11)10-5-6-10/h1-4,7,10H,5-6H2. The normalized spacial score (nSPS) is 15.5. The highest BCUT2D eigenvalue weighted by Gasteiger charge is 2.26. The Morgan fingerprint density at radius 3 is 2.60 bits per heavy atom. The quantitative estimate of drug-likeness (QED) is 0.834. The molecule has 3 rings (SSSR count). The molecule has 0 N–H and O–H groups in total. The Morgan fingerprint density at radius 1 is 1.20 bits per heavy atom. The van der Waals surface area contributed by atoms with Crippen LogP contribution in [0.4, 0.5) is 0 Å². The van der Waals surface area contributed by atoms with Gasteiger partial charge in [0.25, 0.3) is 0 Å². The van der Waals surface area contributed by atoms with E-state index in [-0.39, 0.29) is 0 Å². The van der Waals surface area contributed by atoms with Crippen molar-refractivity contribution in [3.63, 3.8) is 0 Å². The van der Waals surface area contributed by atoms with Crippen LogP contribution in [0.2, 0.25) is 0 Å². The second kappa shape index (κ2) is 3.45. The lowest BCUT2D eigenvalue weighted by atomic mass is 10.2. The third-order valence-corrected chi connectivity index (χ3v) is 3.14. The van der Waals surface area contributed by atoms with E-state index in [4.69, 9.17) is 0 Å². The minimum Gasteiger partial charge on any atom is -0.310 e. The van der Waals surface area contributed by atoms with Crippen LogP contribution in [-0.2, 0) is 0 Å². The molecule has 4 heteroatoms. The molecule has 76 valence electrons. The predicted molar refractivity (Wildman–Crippen MR) is 61.4 cm³/mol. The molecule has 1 saturated carbocycles. The lowest BCUT2D eigenvalue weighted by Crippen LogP contribution is -1.95. The van der Waals surface area contributed by atoms with Crippen LogP contribution in [0.25, 0.3) is 11.4 Å². The number of hydrogen-bond acceptors (Lipinski definition) is 2. The Hall–Kier alpha value is -1.16. The highest BCUT2D eigenvalue weighted by atomic mass is 79.9. The molecule has 0 bridgehead atoms. The summed E-state index contributed by atoms with van der Waals surface area (Å²) in [6, 6.07) is 8.81. The fourth-order valence-corrected chi connectivity index (χ4v) is 1.93. The van der Waals surface area contributed by atoms with Crippen molar-refractivity contribution in [2.24, 2.45) is 0 Å². The Balaban J connectivity index is 2.04. The van der Waals surface area contributed by atoms with Crippen molar-refractivity contribution >= 4 is 15.9 Å². The fraction of sp³-hybridized carbons (Fsp3) is 0.273. The first-order valence-corrected chi connectivity index (χ1v) is 5.79. The number of halogens is 1. The van der Waals surface area contributed by atoms with Gasteiger partial charge in [-0.05, 0) is 25.0 Å². The number of nitrogens with zero attached hydrogens (tertiary/aromatic N) is 3. The third-order valence-electron chi connectivity index (χ3n) is 2.62. The molecular formula is C11H10BrN3. The molecule has 0 amide bonds. The van der Waals surface area contributed by atoms with E-state index < -0.39 is 0 Å². The maximum absolute atomic E-state index is 4.18. The van der Waals surface area contributed by atoms with E-state index >= 15 is 0 Å². The summed E-state index contributed by atoms with van der Waals surface area (Å²) >= 11 is 3.43. The zero-order valence-electron chi connectivity index (χ0n) is 8.10. The monoisotopic (exact) mass is 263 g/mol. The molecule has 0 aliphatic heterocycles. The predicted octanol–water partition coefficient (Wildman–Crippen LogP) is 3.04. The van der Waals surface area contributed by atoms with E-state index in [0.29, 0.717) is 6.04 Å². The van der Waals surface area contributed by atoms with Crippen LogP contribution >= 0.6 is 15.9 Å². The minimum atomic E-state index is 0.624. The van der Waals surface area contributed by atoms with Crippen LogP contribution in [0.5, 0.6) is 0 Å². The van der Waals surface area contributed by atoms with E-state index in [1.54, 1.807) is 0 Å². The average Bonchev–Trinajstić information content (AvgIpc) is 2.98. The lowest BCUT2D eigenvalue weighted by Gasteiger charge is -2.04. The second-order valence-electron chi connectivity index (χ2n) is 3.80. The number of rotatable bonds is 2. The molecule has 1 fully saturated rings. The van der Waals surface area contributed by atoms with Crippen molar-refractivity contribution in [1.29, 1.82) is 0 Å². The Kier molecular flexibility index (Phi) is 2.09. The summed E-state index contributed by atoms with van der Waals surface area (Å²) in [7, 11) is 0. The summed E-state index contributed by atoms with van der Waals surface area (Å²) in [6.07, 6.45) is 4.33. The second-order valence-corrected chi connectivity index (χ2v) is 4.72. The Labute approximate surface area is 96.3 Å². The number of hydrogen-bond donors (Lipinski definition) is 0. The third kappa shape index (κ3) is 1.69. The molecule has 2 aromatic rings. The van der Waals surface area contributed by atoms with E-state index in [1.807, 2.05) is 18.5 Å². The van der Waals surface area contributed by atoms with Gasteiger partial charge in [0.1, 0.15) is 6.33 Å². The van der Waals surface area contributed by atoms with Crippen LogP contribution < -0.4 is 0 Å². The van der Waals surface area contributed by atoms with Crippen molar-refractivity contribution in [3.8, 4) is 11.4 Å². The van der Waals surface area contributed by atoms with Gasteiger partial charge in [0.15, 0.2) is 5.82 Å². The van der Waals surface area contributed by atoms with Crippen LogP contribution in [0, 0.1) is 0 Å². The molecule has 1 aliphatic carbocycles. The summed E-state index contributed by atoms with van der Waals surface area (Å²) in [5.41, 5.74) is 1.13. The van der Waals surface area contributed by atoms with Gasteiger partial charge in [-0.25, -0.2) is 0 Å². The minimum absolute atomic E-state index is 0.624. The van der Waals surface area contributed by atoms with Crippen LogP contribution in [0.1, 0.15) is 18.9 Å². The zero-order valence-corrected chi connectivity index (χ0v) is 9.68. The van der Waals surface area contributed by atoms with Gasteiger partial charge >= 0.3 is 0 Å². The lowest BCUT2D eigenvalue weighted by molar-refractivity contribution is 0.746. The van der Waals surface area contributed by atoms with Gasteiger partial charge in [0.05, 0.1) is 0 Å². The van der Waals surface area contributed by atoms with Gasteiger partial charge in [0, 0.05) is 16.1 Å². The molecule has 0 spiro atoms. The zero-order chi connectivity index (χ0) is 10.3.